The summed E-state index contributed by atoms with van der Waals surface area (Å²) in [6.45, 7) is 3.34. The summed E-state index contributed by atoms with van der Waals surface area (Å²) in [4.78, 5) is 38.1. The molecule has 0 aromatic heterocycles. The van der Waals surface area contributed by atoms with Crippen LogP contribution in [0.5, 0.6) is 0 Å². The summed E-state index contributed by atoms with van der Waals surface area (Å²) in [6.07, 6.45) is 0.164. The molecule has 3 unspecified atom stereocenters. The molecule has 7 nitrogen and oxygen atoms in total. The fourth-order valence-electron chi connectivity index (χ4n) is 4.04. The van der Waals surface area contributed by atoms with Crippen LogP contribution in [0.2, 0.25) is 0 Å². The number of hydrogen-bond acceptors (Lipinski definition) is 5. The minimum Gasteiger partial charge on any atom is -0.479 e. The van der Waals surface area contributed by atoms with Gasteiger partial charge in [0.1, 0.15) is 16.3 Å². The highest BCUT2D eigenvalue weighted by Gasteiger charge is 2.72. The third kappa shape index (κ3) is 3.11. The van der Waals surface area contributed by atoms with Gasteiger partial charge in [-0.05, 0) is 31.5 Å². The molecule has 2 aromatic carbocycles. The van der Waals surface area contributed by atoms with Crippen molar-refractivity contribution in [1.29, 1.82) is 0 Å². The molecular weight excluding hydrogens is 402 g/mol. The van der Waals surface area contributed by atoms with E-state index < -0.39 is 27.8 Å². The van der Waals surface area contributed by atoms with E-state index in [4.69, 9.17) is 0 Å². The van der Waals surface area contributed by atoms with E-state index in [1.807, 2.05) is 60.7 Å². The fourth-order valence-corrected chi connectivity index (χ4v) is 5.86. The first-order valence-corrected chi connectivity index (χ1v) is 10.6. The zero-order chi connectivity index (χ0) is 21.5. The van der Waals surface area contributed by atoms with Crippen molar-refractivity contribution in [3.63, 3.8) is 0 Å². The van der Waals surface area contributed by atoms with Crippen LogP contribution < -0.4 is 10.6 Å². The smallest absolute Gasteiger partial charge is 0.332 e. The number of para-hydroxylation sites is 1. The average molecular weight is 426 g/mol. The van der Waals surface area contributed by atoms with Crippen LogP contribution in [-0.2, 0) is 20.8 Å². The molecule has 2 fully saturated rings. The SMILES string of the molecule is CC1(Nc2ccccc2)S[C@@H]2C(NC(=O)Cc3ccccc3)C(=O)N2C1(C)C(=O)O. The van der Waals surface area contributed by atoms with E-state index >= 15 is 0 Å². The molecule has 8 heteroatoms. The number of carbonyl (C=O) groups excluding carboxylic acids is 2. The molecule has 156 valence electrons. The van der Waals surface area contributed by atoms with Crippen LogP contribution in [0.15, 0.2) is 60.7 Å². The van der Waals surface area contributed by atoms with Gasteiger partial charge in [0.25, 0.3) is 0 Å². The summed E-state index contributed by atoms with van der Waals surface area (Å²) in [5, 5.41) is 15.7. The molecule has 0 bridgehead atoms. The lowest BCUT2D eigenvalue weighted by Crippen LogP contribution is -2.75. The number of benzene rings is 2. The van der Waals surface area contributed by atoms with Crippen LogP contribution in [0.4, 0.5) is 5.69 Å². The highest BCUT2D eigenvalue weighted by molar-refractivity contribution is 8.01. The predicted octanol–water partition coefficient (Wildman–Crippen LogP) is 2.30. The number of nitrogens with one attached hydrogen (secondary N) is 2. The lowest BCUT2D eigenvalue weighted by molar-refractivity contribution is -0.170. The zero-order valence-electron chi connectivity index (χ0n) is 16.7. The maximum atomic E-state index is 12.9. The van der Waals surface area contributed by atoms with Gasteiger partial charge in [0.2, 0.25) is 11.8 Å². The molecule has 2 aromatic rings. The van der Waals surface area contributed by atoms with Gasteiger partial charge in [-0.25, -0.2) is 4.79 Å². The standard InChI is InChI=1S/C22H23N3O4S/c1-21(20(28)29)22(2,24-15-11-7-4-8-12-15)30-19-17(18(27)25(19)21)23-16(26)13-14-9-5-3-6-10-14/h3-12,17,19,24H,13H2,1-2H3,(H,23,26)(H,28,29)/t17?,19-,21?,22?/m1/s1. The summed E-state index contributed by atoms with van der Waals surface area (Å²) in [7, 11) is 0. The second-order valence-electron chi connectivity index (χ2n) is 7.83. The Labute approximate surface area is 178 Å². The molecule has 4 atom stereocenters. The van der Waals surface area contributed by atoms with E-state index in [-0.39, 0.29) is 18.2 Å². The number of hydrogen-bond donors (Lipinski definition) is 3. The second-order valence-corrected chi connectivity index (χ2v) is 9.36. The monoisotopic (exact) mass is 425 g/mol. The topological polar surface area (TPSA) is 98.7 Å². The van der Waals surface area contributed by atoms with Crippen LogP contribution in [0.3, 0.4) is 0 Å². The molecule has 0 saturated carbocycles. The van der Waals surface area contributed by atoms with Gasteiger partial charge in [-0.15, -0.1) is 11.8 Å². The Hall–Kier alpha value is -3.00. The summed E-state index contributed by atoms with van der Waals surface area (Å²) in [5.74, 6) is -1.73. The largest absolute Gasteiger partial charge is 0.479 e. The van der Waals surface area contributed by atoms with E-state index in [2.05, 4.69) is 10.6 Å². The second kappa shape index (κ2) is 7.36. The first-order chi connectivity index (χ1) is 14.3. The molecule has 0 spiro atoms. The van der Waals surface area contributed by atoms with Gasteiger partial charge in [-0.3, -0.25) is 9.59 Å². The maximum Gasteiger partial charge on any atom is 0.332 e. The van der Waals surface area contributed by atoms with E-state index in [1.54, 1.807) is 13.8 Å². The minimum absolute atomic E-state index is 0.164. The Kier molecular flexibility index (Phi) is 4.97. The highest BCUT2D eigenvalue weighted by Crippen LogP contribution is 2.56. The third-order valence-electron chi connectivity index (χ3n) is 5.91. The summed E-state index contributed by atoms with van der Waals surface area (Å²) < 4.78 is 0. The van der Waals surface area contributed by atoms with Gasteiger partial charge in [-0.2, -0.15) is 0 Å². The van der Waals surface area contributed by atoms with E-state index in [1.165, 1.54) is 16.7 Å². The Morgan fingerprint density at radius 3 is 2.27 bits per heavy atom. The molecule has 30 heavy (non-hydrogen) atoms. The van der Waals surface area contributed by atoms with E-state index in [0.29, 0.717) is 0 Å². The normalized spacial score (nSPS) is 29.7. The van der Waals surface area contributed by atoms with Crippen LogP contribution in [0, 0.1) is 0 Å². The molecule has 2 saturated heterocycles. The van der Waals surface area contributed by atoms with Crippen molar-refractivity contribution in [2.45, 2.75) is 42.1 Å². The molecular formula is C22H23N3O4S. The number of thioether (sulfide) groups is 1. The molecule has 0 aliphatic carbocycles. The number of nitrogens with zero attached hydrogens (tertiary/aromatic N) is 1. The highest BCUT2D eigenvalue weighted by atomic mass is 32.2. The first kappa shape index (κ1) is 20.3. The number of fused-ring (bicyclic) bond motifs is 1. The number of aliphatic carboxylic acids is 1. The van der Waals surface area contributed by atoms with Gasteiger partial charge in [-0.1, -0.05) is 48.5 Å². The number of anilines is 1. The van der Waals surface area contributed by atoms with Crippen molar-refractivity contribution in [3.05, 3.63) is 66.2 Å². The maximum absolute atomic E-state index is 12.9. The minimum atomic E-state index is -1.48. The van der Waals surface area contributed by atoms with Gasteiger partial charge < -0.3 is 20.6 Å². The van der Waals surface area contributed by atoms with E-state index in [9.17, 15) is 19.5 Å². The quantitative estimate of drug-likeness (QED) is 0.615. The van der Waals surface area contributed by atoms with Crippen molar-refractivity contribution < 1.29 is 19.5 Å². The summed E-state index contributed by atoms with van der Waals surface area (Å²) >= 11 is 1.35. The summed E-state index contributed by atoms with van der Waals surface area (Å²) in [5.41, 5.74) is 0.138. The average Bonchev–Trinajstić information content (AvgIpc) is 2.93. The molecule has 2 heterocycles. The Morgan fingerprint density at radius 2 is 1.67 bits per heavy atom. The lowest BCUT2D eigenvalue weighted by atomic mass is 9.86. The van der Waals surface area contributed by atoms with Crippen molar-refractivity contribution in [2.24, 2.45) is 0 Å². The van der Waals surface area contributed by atoms with Gasteiger partial charge in [0.05, 0.1) is 6.42 Å². The predicted molar refractivity (Wildman–Crippen MR) is 115 cm³/mol. The third-order valence-corrected chi connectivity index (χ3v) is 7.60. The van der Waals surface area contributed by atoms with Crippen LogP contribution in [0.25, 0.3) is 0 Å². The van der Waals surface area contributed by atoms with Crippen molar-refractivity contribution in [3.8, 4) is 0 Å². The van der Waals surface area contributed by atoms with Crippen molar-refractivity contribution in [2.75, 3.05) is 5.32 Å². The number of carboxylic acid groups (broad SMARTS) is 1. The first-order valence-electron chi connectivity index (χ1n) is 9.67. The Bertz CT molecular complexity index is 986. The molecule has 2 aliphatic rings. The number of rotatable bonds is 6. The number of carboxylic acids is 1. The van der Waals surface area contributed by atoms with Gasteiger partial charge >= 0.3 is 5.97 Å². The number of carbonyl (C=O) groups is 3. The summed E-state index contributed by atoms with van der Waals surface area (Å²) in [6, 6.07) is 17.8. The fraction of sp³-hybridized carbons (Fsp3) is 0.318. The van der Waals surface area contributed by atoms with Crippen molar-refractivity contribution in [1.82, 2.24) is 10.2 Å². The van der Waals surface area contributed by atoms with E-state index in [0.717, 1.165) is 11.3 Å². The molecule has 2 amide bonds. The number of amides is 2. The van der Waals surface area contributed by atoms with Gasteiger partial charge in [0.15, 0.2) is 5.54 Å². The van der Waals surface area contributed by atoms with Crippen LogP contribution in [-0.4, -0.2) is 49.6 Å². The number of β-lactam (4-membered cyclic amide) rings is 1. The van der Waals surface area contributed by atoms with Crippen LogP contribution >= 0.6 is 11.8 Å². The molecule has 2 aliphatic heterocycles. The Balaban J connectivity index is 1.54. The zero-order valence-corrected chi connectivity index (χ0v) is 17.5. The van der Waals surface area contributed by atoms with Gasteiger partial charge in [0, 0.05) is 5.69 Å². The molecule has 0 radical (unpaired) electrons. The van der Waals surface area contributed by atoms with Crippen molar-refractivity contribution >= 4 is 35.2 Å². The molecule has 3 N–H and O–H groups in total. The Morgan fingerprint density at radius 1 is 1.07 bits per heavy atom. The molecule has 4 rings (SSSR count). The van der Waals surface area contributed by atoms with Crippen LogP contribution in [0.1, 0.15) is 19.4 Å². The lowest BCUT2D eigenvalue weighted by Gasteiger charge is -2.48.